The fourth-order valence-corrected chi connectivity index (χ4v) is 2.79. The van der Waals surface area contributed by atoms with Crippen LogP contribution in [0.3, 0.4) is 0 Å². The molecule has 1 saturated carbocycles. The molecule has 0 bridgehead atoms. The molecule has 3 nitrogen and oxygen atoms in total. The molecule has 1 aliphatic heterocycles. The lowest BCUT2D eigenvalue weighted by atomic mass is 9.86. The third-order valence-corrected chi connectivity index (χ3v) is 4.04. The third kappa shape index (κ3) is 3.44. The Morgan fingerprint density at radius 1 is 0.867 bits per heavy atom. The van der Waals surface area contributed by atoms with E-state index in [1.165, 1.54) is 51.9 Å². The predicted molar refractivity (Wildman–Crippen MR) is 65.5 cm³/mol. The van der Waals surface area contributed by atoms with Gasteiger partial charge in [0, 0.05) is 32.2 Å². The first-order valence-corrected chi connectivity index (χ1v) is 6.18. The molecule has 0 amide bonds. The number of hydrogen-bond donors (Lipinski definition) is 1. The van der Waals surface area contributed by atoms with Gasteiger partial charge in [-0.3, -0.25) is 4.90 Å². The molecule has 0 radical (unpaired) electrons. The number of nitrogens with zero attached hydrogens (tertiary/aromatic N) is 2. The van der Waals surface area contributed by atoms with E-state index in [0.29, 0.717) is 0 Å². The van der Waals surface area contributed by atoms with Gasteiger partial charge >= 0.3 is 0 Å². The highest BCUT2D eigenvalue weighted by Crippen LogP contribution is 2.27. The first-order valence-electron chi connectivity index (χ1n) is 6.18. The number of piperazine rings is 1. The summed E-state index contributed by atoms with van der Waals surface area (Å²) in [6.07, 6.45) is 5.81. The molecule has 0 spiro atoms. The molecule has 0 unspecified atom stereocenters. The normalized spacial score (nSPS) is 34.8. The Morgan fingerprint density at radius 2 is 1.40 bits per heavy atom. The minimum atomic E-state index is 0. The van der Waals surface area contributed by atoms with Crippen molar-refractivity contribution < 1.29 is 0 Å². The molecular formula is C12H27N3. The Morgan fingerprint density at radius 3 is 1.93 bits per heavy atom. The molecule has 0 aromatic heterocycles. The molecule has 0 atom stereocenters. The molecular weight excluding hydrogens is 186 g/mol. The predicted octanol–water partition coefficient (Wildman–Crippen LogP) is 1.97. The summed E-state index contributed by atoms with van der Waals surface area (Å²) in [5, 5.41) is 0. The van der Waals surface area contributed by atoms with Crippen LogP contribution in [0.1, 0.15) is 32.6 Å². The van der Waals surface area contributed by atoms with Crippen LogP contribution in [-0.2, 0) is 0 Å². The maximum Gasteiger partial charge on any atom is 0.0113 e. The average molecular weight is 213 g/mol. The lowest BCUT2D eigenvalue weighted by molar-refractivity contribution is 0.0832. The van der Waals surface area contributed by atoms with Crippen LogP contribution in [0.15, 0.2) is 0 Å². The van der Waals surface area contributed by atoms with E-state index in [1.54, 1.807) is 0 Å². The zero-order valence-electron chi connectivity index (χ0n) is 10.4. The summed E-state index contributed by atoms with van der Waals surface area (Å²) in [6, 6.07) is 0.917. The number of likely N-dealkylation sites (N-methyl/N-ethyl adjacent to an activating group) is 1. The van der Waals surface area contributed by atoms with Crippen LogP contribution >= 0.6 is 0 Å². The van der Waals surface area contributed by atoms with Crippen LogP contribution in [0.2, 0.25) is 0 Å². The SMILES string of the molecule is CC1CCC(N2CCN(C)CC2)CC1.N. The van der Waals surface area contributed by atoms with Crippen molar-refractivity contribution in [3.63, 3.8) is 0 Å². The Labute approximate surface area is 94.4 Å². The van der Waals surface area contributed by atoms with Crippen LogP contribution < -0.4 is 6.15 Å². The summed E-state index contributed by atoms with van der Waals surface area (Å²) < 4.78 is 0. The quantitative estimate of drug-likeness (QED) is 0.724. The fourth-order valence-electron chi connectivity index (χ4n) is 2.79. The molecule has 90 valence electrons. The smallest absolute Gasteiger partial charge is 0.0113 e. The van der Waals surface area contributed by atoms with Crippen molar-refractivity contribution in [3.8, 4) is 0 Å². The zero-order valence-corrected chi connectivity index (χ0v) is 10.4. The Kier molecular flexibility index (Phi) is 5.03. The summed E-state index contributed by atoms with van der Waals surface area (Å²) in [5.41, 5.74) is 0. The zero-order chi connectivity index (χ0) is 9.97. The van der Waals surface area contributed by atoms with Crippen LogP contribution in [-0.4, -0.2) is 49.1 Å². The minimum Gasteiger partial charge on any atom is -0.344 e. The van der Waals surface area contributed by atoms with E-state index in [1.807, 2.05) is 0 Å². The van der Waals surface area contributed by atoms with Gasteiger partial charge in [0.2, 0.25) is 0 Å². The second-order valence-electron chi connectivity index (χ2n) is 5.25. The average Bonchev–Trinajstić information content (AvgIpc) is 2.21. The molecule has 3 heteroatoms. The maximum atomic E-state index is 2.73. The maximum absolute atomic E-state index is 2.73. The highest BCUT2D eigenvalue weighted by molar-refractivity contribution is 4.81. The molecule has 2 aliphatic rings. The Balaban J connectivity index is 0.00000112. The third-order valence-electron chi connectivity index (χ3n) is 4.04. The van der Waals surface area contributed by atoms with Gasteiger partial charge in [-0.25, -0.2) is 0 Å². The highest BCUT2D eigenvalue weighted by Gasteiger charge is 2.25. The van der Waals surface area contributed by atoms with E-state index in [4.69, 9.17) is 0 Å². The second-order valence-corrected chi connectivity index (χ2v) is 5.25. The van der Waals surface area contributed by atoms with E-state index in [-0.39, 0.29) is 6.15 Å². The molecule has 2 rings (SSSR count). The van der Waals surface area contributed by atoms with Gasteiger partial charge < -0.3 is 11.1 Å². The highest BCUT2D eigenvalue weighted by atomic mass is 15.3. The summed E-state index contributed by atoms with van der Waals surface area (Å²) in [6.45, 7) is 7.55. The van der Waals surface area contributed by atoms with Gasteiger partial charge in [-0.05, 0) is 38.6 Å². The molecule has 0 aromatic rings. The Hall–Kier alpha value is -0.120. The van der Waals surface area contributed by atoms with Crippen molar-refractivity contribution >= 4 is 0 Å². The molecule has 1 aliphatic carbocycles. The number of hydrogen-bond acceptors (Lipinski definition) is 3. The summed E-state index contributed by atoms with van der Waals surface area (Å²) in [5.74, 6) is 0.985. The van der Waals surface area contributed by atoms with Gasteiger partial charge in [0.25, 0.3) is 0 Å². The van der Waals surface area contributed by atoms with E-state index >= 15 is 0 Å². The van der Waals surface area contributed by atoms with Gasteiger partial charge in [0.15, 0.2) is 0 Å². The van der Waals surface area contributed by atoms with E-state index in [9.17, 15) is 0 Å². The van der Waals surface area contributed by atoms with E-state index < -0.39 is 0 Å². The summed E-state index contributed by atoms with van der Waals surface area (Å²) in [4.78, 5) is 5.17. The second kappa shape index (κ2) is 5.83. The molecule has 3 N–H and O–H groups in total. The van der Waals surface area contributed by atoms with Crippen molar-refractivity contribution in [1.29, 1.82) is 0 Å². The lowest BCUT2D eigenvalue weighted by Gasteiger charge is -2.40. The standard InChI is InChI=1S/C12H24N2.H3N/c1-11-3-5-12(6-4-11)14-9-7-13(2)8-10-14;/h11-12H,3-10H2,1-2H3;1H3. The summed E-state index contributed by atoms with van der Waals surface area (Å²) in [7, 11) is 2.24. The monoisotopic (exact) mass is 213 g/mol. The first kappa shape index (κ1) is 12.9. The largest absolute Gasteiger partial charge is 0.344 e. The van der Waals surface area contributed by atoms with Gasteiger partial charge in [0.1, 0.15) is 0 Å². The van der Waals surface area contributed by atoms with E-state index in [0.717, 1.165) is 12.0 Å². The topological polar surface area (TPSA) is 41.5 Å². The van der Waals surface area contributed by atoms with Gasteiger partial charge in [-0.1, -0.05) is 6.92 Å². The molecule has 1 saturated heterocycles. The first-order chi connectivity index (χ1) is 6.75. The van der Waals surface area contributed by atoms with Gasteiger partial charge in [0.05, 0.1) is 0 Å². The van der Waals surface area contributed by atoms with Crippen molar-refractivity contribution in [1.82, 2.24) is 16.0 Å². The molecule has 1 heterocycles. The van der Waals surface area contributed by atoms with Crippen molar-refractivity contribution in [2.24, 2.45) is 5.92 Å². The van der Waals surface area contributed by atoms with Crippen LogP contribution in [0.4, 0.5) is 0 Å². The van der Waals surface area contributed by atoms with Crippen LogP contribution in [0.5, 0.6) is 0 Å². The van der Waals surface area contributed by atoms with Crippen LogP contribution in [0.25, 0.3) is 0 Å². The molecule has 0 aromatic carbocycles. The Bertz CT molecular complexity index is 148. The van der Waals surface area contributed by atoms with Crippen molar-refractivity contribution in [2.75, 3.05) is 33.2 Å². The minimum absolute atomic E-state index is 0. The lowest BCUT2D eigenvalue weighted by Crippen LogP contribution is -2.49. The van der Waals surface area contributed by atoms with Crippen LogP contribution in [0, 0.1) is 5.92 Å². The summed E-state index contributed by atoms with van der Waals surface area (Å²) >= 11 is 0. The van der Waals surface area contributed by atoms with Gasteiger partial charge in [-0.2, -0.15) is 0 Å². The molecule has 2 fully saturated rings. The van der Waals surface area contributed by atoms with Crippen molar-refractivity contribution in [2.45, 2.75) is 38.6 Å². The molecule has 15 heavy (non-hydrogen) atoms. The van der Waals surface area contributed by atoms with Crippen molar-refractivity contribution in [3.05, 3.63) is 0 Å². The van der Waals surface area contributed by atoms with Gasteiger partial charge in [-0.15, -0.1) is 0 Å². The fraction of sp³-hybridized carbons (Fsp3) is 1.00. The van der Waals surface area contributed by atoms with E-state index in [2.05, 4.69) is 23.8 Å². The number of rotatable bonds is 1.